The zero-order chi connectivity index (χ0) is 52.2. The average Bonchev–Trinajstić information content (AvgIpc) is 3.83. The van der Waals surface area contributed by atoms with Gasteiger partial charge >= 0.3 is 29.4 Å². The predicted octanol–water partition coefficient (Wildman–Crippen LogP) is 13.8. The van der Waals surface area contributed by atoms with E-state index < -0.39 is 39.3 Å². The summed E-state index contributed by atoms with van der Waals surface area (Å²) < 4.78 is 85.6. The predicted molar refractivity (Wildman–Crippen MR) is 296 cm³/mol. The molecule has 1 aromatic heterocycles. The first-order valence-electron chi connectivity index (χ1n) is 23.9. The van der Waals surface area contributed by atoms with Crippen molar-refractivity contribution < 1.29 is 48.1 Å². The molecule has 3 heterocycles. The number of benzene rings is 8. The van der Waals surface area contributed by atoms with E-state index in [9.17, 15) is 26.3 Å². The summed E-state index contributed by atoms with van der Waals surface area (Å²) in [4.78, 5) is 16.4. The second-order valence-electron chi connectivity index (χ2n) is 18.1. The number of aliphatic imine (C=N–C) groups is 3. The third kappa shape index (κ3) is 11.6. The van der Waals surface area contributed by atoms with Crippen LogP contribution in [0.25, 0.3) is 5.32 Å². The molecule has 0 aliphatic carbocycles. The number of fused-ring (bicyclic) bond motifs is 2. The number of amidine groups is 3. The van der Waals surface area contributed by atoms with Gasteiger partial charge in [0, 0.05) is 40.6 Å². The van der Waals surface area contributed by atoms with E-state index in [0.717, 1.165) is 35.8 Å². The van der Waals surface area contributed by atoms with E-state index >= 15 is 0 Å². The average molecular weight is 1100 g/mol. The molecule has 382 valence electrons. The summed E-state index contributed by atoms with van der Waals surface area (Å²) in [5.74, 6) is 1.93. The Morgan fingerprint density at radius 2 is 0.868 bits per heavy atom. The summed E-state index contributed by atoms with van der Waals surface area (Å²) in [6.07, 6.45) is -6.18. The quantitative estimate of drug-likeness (QED) is 0.0821. The number of hydrogen-bond donors (Lipinski definition) is 0. The summed E-state index contributed by atoms with van der Waals surface area (Å²) in [5.41, 5.74) is 0.881. The summed E-state index contributed by atoms with van der Waals surface area (Å²) in [6, 6.07) is 69.2. The van der Waals surface area contributed by atoms with Crippen LogP contribution in [-0.4, -0.2) is 22.5 Å². The summed E-state index contributed by atoms with van der Waals surface area (Å²) >= 11 is 0. The Kier molecular flexibility index (Phi) is 16.0. The zero-order valence-corrected chi connectivity index (χ0v) is 43.6. The minimum absolute atomic E-state index is 0. The molecule has 8 aromatic carbocycles. The van der Waals surface area contributed by atoms with Crippen molar-refractivity contribution in [1.82, 2.24) is 4.98 Å². The molecule has 2 aliphatic heterocycles. The van der Waals surface area contributed by atoms with Gasteiger partial charge in [0.25, 0.3) is 0 Å². The van der Waals surface area contributed by atoms with Crippen LogP contribution in [0.2, 0.25) is 0 Å². The number of hydrogen-bond acceptors (Lipinski definition) is 4. The van der Waals surface area contributed by atoms with Crippen molar-refractivity contribution >= 4 is 76.6 Å². The minimum atomic E-state index is -4.57. The van der Waals surface area contributed by atoms with Crippen LogP contribution in [0.15, 0.2) is 246 Å². The number of alkyl halides is 6. The molecule has 0 amide bonds. The number of rotatable bonds is 9. The Morgan fingerprint density at radius 1 is 0.474 bits per heavy atom. The molecule has 0 atom stereocenters. The molecule has 0 radical (unpaired) electrons. The fraction of sp³-hybridized carbons (Fsp3) is 0.0820. The van der Waals surface area contributed by atoms with Crippen LogP contribution in [-0.2, 0) is 34.8 Å². The first-order chi connectivity index (χ1) is 36.2. The largest absolute Gasteiger partial charge is 1.00 e. The number of para-hydroxylation sites is 2. The number of halogens is 6. The topological polar surface area (TPSA) is 73.3 Å². The van der Waals surface area contributed by atoms with Gasteiger partial charge in [0.1, 0.15) is 47.7 Å². The Labute approximate surface area is 449 Å². The molecule has 0 saturated heterocycles. The smallest absolute Gasteiger partial charge is 0.448 e. The molecule has 0 spiro atoms. The van der Waals surface area contributed by atoms with E-state index in [-0.39, 0.29) is 51.4 Å². The molecule has 0 N–H and O–H groups in total. The second kappa shape index (κ2) is 22.8. The molecule has 9 aromatic rings. The van der Waals surface area contributed by atoms with Gasteiger partial charge < -0.3 is 20.0 Å². The Morgan fingerprint density at radius 3 is 1.28 bits per heavy atom. The second-order valence-corrected chi connectivity index (χ2v) is 22.9. The normalized spacial score (nSPS) is 14.6. The fourth-order valence-electron chi connectivity index (χ4n) is 9.15. The molecule has 11 rings (SSSR count). The maximum atomic E-state index is 13.0. The van der Waals surface area contributed by atoms with Gasteiger partial charge in [-0.1, -0.05) is 129 Å². The van der Waals surface area contributed by atoms with Crippen LogP contribution in [0.3, 0.4) is 0 Å². The molecule has 0 saturated carbocycles. The van der Waals surface area contributed by atoms with Crippen LogP contribution in [0.4, 0.5) is 37.7 Å². The maximum Gasteiger partial charge on any atom is 1.00 e. The molecule has 0 unspecified atom stereocenters. The van der Waals surface area contributed by atoms with Crippen molar-refractivity contribution in [3.63, 3.8) is 0 Å². The SMILES string of the molecule is CC1(C)c2cccc([PH+](c3ccccc3)c3ccccc3)c2Oc2c([PH+](c3ccccc3)c3ccccc3)cccc21.FC(F)(F)c1cccc(N=C2N=C(c3ccncc3)[N-]C2=Nc2cccc(C(F)(F)F)c2)c1.[Cu+]. The molecule has 76 heavy (non-hydrogen) atoms. The number of aromatic nitrogens is 1. The number of pyridine rings is 1. The molecule has 2 aliphatic rings. The summed E-state index contributed by atoms with van der Waals surface area (Å²) in [6.45, 7) is 4.71. The molecular formula is C61H46CuF6N5OP2+2. The van der Waals surface area contributed by atoms with Crippen molar-refractivity contribution in [2.45, 2.75) is 31.6 Å². The van der Waals surface area contributed by atoms with E-state index in [1.54, 1.807) is 12.1 Å². The number of nitrogens with zero attached hydrogens (tertiary/aromatic N) is 5. The van der Waals surface area contributed by atoms with Crippen LogP contribution >= 0.6 is 15.8 Å². The fourth-order valence-corrected chi connectivity index (χ4v) is 14.5. The zero-order valence-electron chi connectivity index (χ0n) is 40.7. The van der Waals surface area contributed by atoms with Gasteiger partial charge in [-0.2, -0.15) is 26.3 Å². The molecule has 6 nitrogen and oxygen atoms in total. The monoisotopic (exact) mass is 1100 g/mol. The molecule has 0 fully saturated rings. The van der Waals surface area contributed by atoms with E-state index in [1.165, 1.54) is 79.6 Å². The minimum Gasteiger partial charge on any atom is -0.448 e. The Balaban J connectivity index is 0.000000189. The van der Waals surface area contributed by atoms with Crippen molar-refractivity contribution in [3.8, 4) is 11.5 Å². The first kappa shape index (κ1) is 53.3. The van der Waals surface area contributed by atoms with Gasteiger partial charge in [0.2, 0.25) is 0 Å². The Hall–Kier alpha value is -7.52. The summed E-state index contributed by atoms with van der Waals surface area (Å²) in [5, 5.41) is 12.3. The Bertz CT molecular complexity index is 3350. The van der Waals surface area contributed by atoms with Gasteiger partial charge in [0.15, 0.2) is 11.5 Å². The molecular weight excluding hydrogens is 1060 g/mol. The van der Waals surface area contributed by atoms with Crippen molar-refractivity contribution in [2.75, 3.05) is 0 Å². The maximum absolute atomic E-state index is 13.0. The van der Waals surface area contributed by atoms with E-state index in [4.69, 9.17) is 4.74 Å². The third-order valence-corrected chi connectivity index (χ3v) is 18.3. The van der Waals surface area contributed by atoms with Crippen LogP contribution in [0.5, 0.6) is 11.5 Å². The van der Waals surface area contributed by atoms with Crippen molar-refractivity contribution in [2.24, 2.45) is 15.0 Å². The molecule has 0 bridgehead atoms. The van der Waals surface area contributed by atoms with Gasteiger partial charge in [0.05, 0.1) is 22.6 Å². The van der Waals surface area contributed by atoms with Gasteiger partial charge in [-0.25, -0.2) is 4.99 Å². The van der Waals surface area contributed by atoms with Crippen LogP contribution < -0.4 is 36.6 Å². The summed E-state index contributed by atoms with van der Waals surface area (Å²) in [7, 11) is -2.64. The van der Waals surface area contributed by atoms with Crippen molar-refractivity contribution in [3.05, 3.63) is 264 Å². The number of ether oxygens (including phenoxy) is 1. The first-order valence-corrected chi connectivity index (χ1v) is 26.9. The van der Waals surface area contributed by atoms with Gasteiger partial charge in [-0.05, 0) is 114 Å². The van der Waals surface area contributed by atoms with Gasteiger partial charge in [-0.3, -0.25) is 4.98 Å². The third-order valence-electron chi connectivity index (χ3n) is 12.7. The van der Waals surface area contributed by atoms with Crippen molar-refractivity contribution in [1.29, 1.82) is 0 Å². The van der Waals surface area contributed by atoms with E-state index in [1.807, 2.05) is 0 Å². The van der Waals surface area contributed by atoms with Crippen LogP contribution in [0, 0.1) is 0 Å². The van der Waals surface area contributed by atoms with Gasteiger partial charge in [-0.15, -0.1) is 0 Å². The van der Waals surface area contributed by atoms with E-state index in [0.29, 0.717) is 5.56 Å². The molecule has 15 heteroatoms. The standard InChI is InChI=1S/C39H32OP2.C22H12F6N5.Cu/c1-39(2)33-25-15-27-35(41(29-17-7-3-8-18-29)30-19-9-4-10-20-30)37(33)40-38-34(39)26-16-28-36(38)42(31-21-11-5-12-22-31)32-23-13-6-14-24-32;23-21(24,25)14-3-1-5-16(11-14)30-19-20(33-18(32-19)13-7-9-29-10-8-13)31-17-6-2-4-15(12-17)22(26,27)28;/h3-28H,1-2H3;1-12H;/q;-1;+1/p+2. The van der Waals surface area contributed by atoms with E-state index in [2.05, 4.69) is 197 Å². The van der Waals surface area contributed by atoms with Crippen LogP contribution in [0.1, 0.15) is 41.7 Å².